The molecule has 2 aliphatic heterocycles. The van der Waals surface area contributed by atoms with Gasteiger partial charge in [-0.3, -0.25) is 4.79 Å². The van der Waals surface area contributed by atoms with Crippen molar-refractivity contribution in [3.8, 4) is 0 Å². The minimum absolute atomic E-state index is 0. The highest BCUT2D eigenvalue weighted by Gasteiger charge is 2.41. The van der Waals surface area contributed by atoms with Crippen LogP contribution in [0.2, 0.25) is 0 Å². The molecule has 23 heavy (non-hydrogen) atoms. The van der Waals surface area contributed by atoms with Gasteiger partial charge in [-0.25, -0.2) is 0 Å². The molecule has 1 aliphatic carbocycles. The second-order valence-electron chi connectivity index (χ2n) is 7.75. The predicted octanol–water partition coefficient (Wildman–Crippen LogP) is 2.68. The van der Waals surface area contributed by atoms with E-state index in [4.69, 9.17) is 5.73 Å². The maximum atomic E-state index is 12.8. The Morgan fingerprint density at radius 2 is 1.78 bits per heavy atom. The maximum Gasteiger partial charge on any atom is 0.227 e. The third kappa shape index (κ3) is 4.97. The number of halogens is 2. The molecule has 3 aliphatic rings. The van der Waals surface area contributed by atoms with E-state index in [1.807, 2.05) is 0 Å². The number of hydrogen-bond donors (Lipinski definition) is 1. The molecule has 136 valence electrons. The third-order valence-corrected chi connectivity index (χ3v) is 5.86. The average molecular weight is 366 g/mol. The first-order chi connectivity index (χ1) is 10.1. The van der Waals surface area contributed by atoms with Gasteiger partial charge in [-0.2, -0.15) is 0 Å². The molecule has 2 heterocycles. The van der Waals surface area contributed by atoms with Gasteiger partial charge < -0.3 is 15.5 Å². The topological polar surface area (TPSA) is 49.6 Å². The normalized spacial score (nSPS) is 34.8. The lowest BCUT2D eigenvalue weighted by Gasteiger charge is -2.39. The summed E-state index contributed by atoms with van der Waals surface area (Å²) in [7, 11) is 0. The zero-order valence-corrected chi connectivity index (χ0v) is 16.0. The number of likely N-dealkylation sites (tertiary alicyclic amines) is 2. The Bertz CT molecular complexity index is 386. The molecule has 3 unspecified atom stereocenters. The van der Waals surface area contributed by atoms with Crippen LogP contribution < -0.4 is 5.73 Å². The van der Waals surface area contributed by atoms with Crippen LogP contribution in [0.1, 0.15) is 51.9 Å². The van der Waals surface area contributed by atoms with Gasteiger partial charge in [-0.05, 0) is 58.0 Å². The molecule has 2 N–H and O–H groups in total. The largest absolute Gasteiger partial charge is 0.342 e. The van der Waals surface area contributed by atoms with E-state index in [9.17, 15) is 4.79 Å². The van der Waals surface area contributed by atoms with Crippen LogP contribution in [0.4, 0.5) is 0 Å². The van der Waals surface area contributed by atoms with Crippen molar-refractivity contribution in [2.75, 3.05) is 32.7 Å². The highest BCUT2D eigenvalue weighted by molar-refractivity contribution is 5.85. The van der Waals surface area contributed by atoms with Gasteiger partial charge in [-0.15, -0.1) is 24.8 Å². The number of nitrogens with two attached hydrogens (primary N) is 1. The first kappa shape index (κ1) is 21.0. The minimum atomic E-state index is -0.289. The molecule has 1 saturated carbocycles. The lowest BCUT2D eigenvalue weighted by molar-refractivity contribution is -0.138. The van der Waals surface area contributed by atoms with E-state index in [0.29, 0.717) is 11.8 Å². The maximum absolute atomic E-state index is 12.8. The molecule has 6 heteroatoms. The molecule has 3 rings (SSSR count). The molecule has 3 atom stereocenters. The van der Waals surface area contributed by atoms with Crippen molar-refractivity contribution in [3.63, 3.8) is 0 Å². The zero-order chi connectivity index (χ0) is 14.9. The number of carbonyl (C=O) groups is 1. The van der Waals surface area contributed by atoms with Crippen LogP contribution in [-0.2, 0) is 4.79 Å². The highest BCUT2D eigenvalue weighted by Crippen LogP contribution is 2.34. The minimum Gasteiger partial charge on any atom is -0.342 e. The van der Waals surface area contributed by atoms with Gasteiger partial charge in [0.2, 0.25) is 5.91 Å². The molecular weight excluding hydrogens is 333 g/mol. The summed E-state index contributed by atoms with van der Waals surface area (Å²) in [5.74, 6) is 1.07. The van der Waals surface area contributed by atoms with E-state index >= 15 is 0 Å². The van der Waals surface area contributed by atoms with Crippen LogP contribution in [0.5, 0.6) is 0 Å². The summed E-state index contributed by atoms with van der Waals surface area (Å²) in [6.45, 7) is 7.69. The average Bonchev–Trinajstić information content (AvgIpc) is 3.10. The molecule has 2 saturated heterocycles. The summed E-state index contributed by atoms with van der Waals surface area (Å²) in [6, 6.07) is 0. The molecule has 3 fully saturated rings. The predicted molar refractivity (Wildman–Crippen MR) is 99.4 cm³/mol. The first-order valence-electron chi connectivity index (χ1n) is 8.86. The number of hydrogen-bond acceptors (Lipinski definition) is 3. The van der Waals surface area contributed by atoms with Gasteiger partial charge in [0.1, 0.15) is 0 Å². The van der Waals surface area contributed by atoms with E-state index in [2.05, 4.69) is 16.7 Å². The van der Waals surface area contributed by atoms with Gasteiger partial charge in [0, 0.05) is 25.2 Å². The Hall–Kier alpha value is -0.0300. The van der Waals surface area contributed by atoms with Crippen LogP contribution in [0.25, 0.3) is 0 Å². The Kier molecular flexibility index (Phi) is 8.12. The molecule has 0 aromatic rings. The number of nitrogens with zero attached hydrogens (tertiary/aromatic N) is 2. The summed E-state index contributed by atoms with van der Waals surface area (Å²) >= 11 is 0. The van der Waals surface area contributed by atoms with E-state index in [0.717, 1.165) is 32.4 Å². The summed E-state index contributed by atoms with van der Waals surface area (Å²) in [5.41, 5.74) is 6.11. The Balaban J connectivity index is 0.00000132. The summed E-state index contributed by atoms with van der Waals surface area (Å²) in [5, 5.41) is 0. The Labute approximate surface area is 153 Å². The van der Waals surface area contributed by atoms with Crippen LogP contribution in [0.3, 0.4) is 0 Å². The zero-order valence-electron chi connectivity index (χ0n) is 14.3. The second-order valence-corrected chi connectivity index (χ2v) is 7.75. The van der Waals surface area contributed by atoms with Crippen molar-refractivity contribution in [2.45, 2.75) is 57.4 Å². The fraction of sp³-hybridized carbons (Fsp3) is 0.941. The molecule has 1 amide bonds. The fourth-order valence-electron chi connectivity index (χ4n) is 4.50. The van der Waals surface area contributed by atoms with Crippen LogP contribution in [0.15, 0.2) is 0 Å². The van der Waals surface area contributed by atoms with Crippen LogP contribution in [-0.4, -0.2) is 54.0 Å². The Morgan fingerprint density at radius 1 is 1.09 bits per heavy atom. The van der Waals surface area contributed by atoms with Crippen molar-refractivity contribution >= 4 is 30.7 Å². The second kappa shape index (κ2) is 8.89. The SMILES string of the molecule is CC1(N)CCCCC1C(=O)N1CCC(CN2CCCC2)C1.Cl.Cl. The van der Waals surface area contributed by atoms with Crippen molar-refractivity contribution in [3.05, 3.63) is 0 Å². The smallest absolute Gasteiger partial charge is 0.227 e. The lowest BCUT2D eigenvalue weighted by atomic mass is 9.74. The van der Waals surface area contributed by atoms with Crippen LogP contribution in [0, 0.1) is 11.8 Å². The molecule has 0 aromatic carbocycles. The number of amides is 1. The number of carbonyl (C=O) groups excluding carboxylic acids is 1. The molecular formula is C17H33Cl2N3O. The van der Waals surface area contributed by atoms with E-state index in [1.165, 1.54) is 45.3 Å². The lowest BCUT2D eigenvalue weighted by Crippen LogP contribution is -2.53. The molecule has 0 bridgehead atoms. The van der Waals surface area contributed by atoms with Gasteiger partial charge >= 0.3 is 0 Å². The third-order valence-electron chi connectivity index (χ3n) is 5.86. The molecule has 0 radical (unpaired) electrons. The molecule has 0 spiro atoms. The molecule has 4 nitrogen and oxygen atoms in total. The monoisotopic (exact) mass is 365 g/mol. The highest BCUT2D eigenvalue weighted by atomic mass is 35.5. The fourth-order valence-corrected chi connectivity index (χ4v) is 4.50. The van der Waals surface area contributed by atoms with Crippen molar-refractivity contribution in [2.24, 2.45) is 17.6 Å². The summed E-state index contributed by atoms with van der Waals surface area (Å²) < 4.78 is 0. The van der Waals surface area contributed by atoms with Crippen molar-refractivity contribution in [1.82, 2.24) is 9.80 Å². The van der Waals surface area contributed by atoms with E-state index in [1.54, 1.807) is 0 Å². The van der Waals surface area contributed by atoms with Gasteiger partial charge in [0.05, 0.1) is 5.92 Å². The van der Waals surface area contributed by atoms with E-state index < -0.39 is 0 Å². The van der Waals surface area contributed by atoms with E-state index in [-0.39, 0.29) is 36.3 Å². The van der Waals surface area contributed by atoms with Crippen LogP contribution >= 0.6 is 24.8 Å². The first-order valence-corrected chi connectivity index (χ1v) is 8.86. The Morgan fingerprint density at radius 3 is 2.43 bits per heavy atom. The van der Waals surface area contributed by atoms with Gasteiger partial charge in [0.15, 0.2) is 0 Å². The van der Waals surface area contributed by atoms with Crippen molar-refractivity contribution in [1.29, 1.82) is 0 Å². The van der Waals surface area contributed by atoms with Crippen molar-refractivity contribution < 1.29 is 4.79 Å². The summed E-state index contributed by atoms with van der Waals surface area (Å²) in [4.78, 5) is 17.5. The quantitative estimate of drug-likeness (QED) is 0.836. The molecule has 0 aromatic heterocycles. The standard InChI is InChI=1S/C17H31N3O.2ClH/c1-17(18)8-3-2-6-15(17)16(21)20-11-7-14(13-20)12-19-9-4-5-10-19;;/h14-15H,2-13,18H2,1H3;2*1H. The summed E-state index contributed by atoms with van der Waals surface area (Å²) in [6.07, 6.45) is 8.19. The number of rotatable bonds is 3. The van der Waals surface area contributed by atoms with Gasteiger partial charge in [0.25, 0.3) is 0 Å². The van der Waals surface area contributed by atoms with Gasteiger partial charge in [-0.1, -0.05) is 12.8 Å².